The maximum absolute atomic E-state index is 6.34. The van der Waals surface area contributed by atoms with E-state index in [0.717, 1.165) is 16.2 Å². The van der Waals surface area contributed by atoms with Gasteiger partial charge in [0.05, 0.1) is 0 Å². The molecular formula is C19H17N3S. The molecular weight excluding hydrogens is 302 g/mol. The first kappa shape index (κ1) is 14.0. The molecule has 2 aromatic carbocycles. The topological polar surface area (TPSA) is 43.3 Å². The van der Waals surface area contributed by atoms with E-state index in [1.54, 1.807) is 11.3 Å². The van der Waals surface area contributed by atoms with E-state index >= 15 is 0 Å². The van der Waals surface area contributed by atoms with Gasteiger partial charge in [-0.1, -0.05) is 54.6 Å². The number of aromatic nitrogens is 2. The number of nitrogen functional groups attached to an aromatic ring is 1. The van der Waals surface area contributed by atoms with Gasteiger partial charge in [-0.3, -0.25) is 4.40 Å². The van der Waals surface area contributed by atoms with Crippen LogP contribution in [0.15, 0.2) is 54.6 Å². The van der Waals surface area contributed by atoms with Gasteiger partial charge < -0.3 is 5.73 Å². The molecule has 2 heterocycles. The average molecular weight is 319 g/mol. The number of aryl methyl sites for hydroxylation is 2. The molecule has 2 N–H and O–H groups in total. The fraction of sp³-hybridized carbons (Fsp3) is 0.105. The van der Waals surface area contributed by atoms with Crippen molar-refractivity contribution < 1.29 is 0 Å². The van der Waals surface area contributed by atoms with E-state index in [-0.39, 0.29) is 0 Å². The molecule has 3 nitrogen and oxygen atoms in total. The van der Waals surface area contributed by atoms with Crippen molar-refractivity contribution >= 4 is 22.1 Å². The second-order valence-electron chi connectivity index (χ2n) is 5.65. The third kappa shape index (κ3) is 2.23. The summed E-state index contributed by atoms with van der Waals surface area (Å²) in [6, 6.07) is 18.8. The number of benzene rings is 2. The van der Waals surface area contributed by atoms with Gasteiger partial charge in [-0.2, -0.15) is 0 Å². The summed E-state index contributed by atoms with van der Waals surface area (Å²) in [4.78, 5) is 6.94. The van der Waals surface area contributed by atoms with Gasteiger partial charge in [0.25, 0.3) is 0 Å². The minimum atomic E-state index is 0.717. The Morgan fingerprint density at radius 1 is 0.870 bits per heavy atom. The Bertz CT molecular complexity index is 979. The summed E-state index contributed by atoms with van der Waals surface area (Å²) < 4.78 is 2.04. The molecule has 4 rings (SSSR count). The molecule has 23 heavy (non-hydrogen) atoms. The van der Waals surface area contributed by atoms with Gasteiger partial charge in [0, 0.05) is 16.1 Å². The summed E-state index contributed by atoms with van der Waals surface area (Å²) in [7, 11) is 0. The first-order chi connectivity index (χ1) is 11.1. The van der Waals surface area contributed by atoms with Crippen LogP contribution < -0.4 is 5.73 Å². The van der Waals surface area contributed by atoms with Crippen LogP contribution in [-0.4, -0.2) is 9.38 Å². The van der Waals surface area contributed by atoms with E-state index in [1.165, 1.54) is 21.7 Å². The summed E-state index contributed by atoms with van der Waals surface area (Å²) in [5.74, 6) is 0.717. The number of hydrogen-bond donors (Lipinski definition) is 1. The van der Waals surface area contributed by atoms with Gasteiger partial charge in [-0.05, 0) is 25.0 Å². The van der Waals surface area contributed by atoms with Crippen LogP contribution in [-0.2, 0) is 0 Å². The minimum absolute atomic E-state index is 0.717. The third-order valence-corrected chi connectivity index (χ3v) is 5.30. The minimum Gasteiger partial charge on any atom is -0.383 e. The van der Waals surface area contributed by atoms with Crippen molar-refractivity contribution in [3.05, 3.63) is 65.2 Å². The predicted molar refractivity (Wildman–Crippen MR) is 97.8 cm³/mol. The second-order valence-corrected chi connectivity index (χ2v) is 6.83. The maximum Gasteiger partial charge on any atom is 0.196 e. The Labute approximate surface area is 139 Å². The fourth-order valence-electron chi connectivity index (χ4n) is 2.84. The highest BCUT2D eigenvalue weighted by Gasteiger charge is 2.16. The molecule has 0 aliphatic rings. The van der Waals surface area contributed by atoms with Gasteiger partial charge in [0.1, 0.15) is 11.5 Å². The van der Waals surface area contributed by atoms with Crippen molar-refractivity contribution in [2.75, 3.05) is 5.73 Å². The van der Waals surface area contributed by atoms with Gasteiger partial charge in [0.15, 0.2) is 4.96 Å². The summed E-state index contributed by atoms with van der Waals surface area (Å²) >= 11 is 1.68. The Kier molecular flexibility index (Phi) is 3.20. The van der Waals surface area contributed by atoms with Crippen molar-refractivity contribution in [1.82, 2.24) is 9.38 Å². The lowest BCUT2D eigenvalue weighted by atomic mass is 10.0. The number of hydrogen-bond acceptors (Lipinski definition) is 3. The third-order valence-electron chi connectivity index (χ3n) is 4.24. The van der Waals surface area contributed by atoms with Gasteiger partial charge in [-0.25, -0.2) is 4.98 Å². The van der Waals surface area contributed by atoms with Crippen molar-refractivity contribution in [3.63, 3.8) is 0 Å². The number of nitrogens with two attached hydrogens (primary N) is 1. The smallest absolute Gasteiger partial charge is 0.196 e. The van der Waals surface area contributed by atoms with Crippen LogP contribution in [0.3, 0.4) is 0 Å². The number of rotatable bonds is 2. The van der Waals surface area contributed by atoms with E-state index in [0.29, 0.717) is 5.82 Å². The highest BCUT2D eigenvalue weighted by Crippen LogP contribution is 2.33. The molecule has 0 bridgehead atoms. The van der Waals surface area contributed by atoms with E-state index in [2.05, 4.69) is 62.4 Å². The predicted octanol–water partition coefficient (Wildman–Crippen LogP) is 4.93. The van der Waals surface area contributed by atoms with Crippen LogP contribution in [0.25, 0.3) is 27.3 Å². The number of thiazole rings is 1. The Morgan fingerprint density at radius 2 is 1.48 bits per heavy atom. The largest absolute Gasteiger partial charge is 0.383 e. The van der Waals surface area contributed by atoms with E-state index in [4.69, 9.17) is 10.7 Å². The lowest BCUT2D eigenvalue weighted by Gasteiger charge is -2.04. The summed E-state index contributed by atoms with van der Waals surface area (Å²) in [5.41, 5.74) is 11.8. The monoisotopic (exact) mass is 319 g/mol. The second kappa shape index (κ2) is 5.25. The fourth-order valence-corrected chi connectivity index (χ4v) is 3.81. The van der Waals surface area contributed by atoms with Crippen LogP contribution in [0.4, 0.5) is 5.82 Å². The molecule has 0 saturated carbocycles. The highest BCUT2D eigenvalue weighted by molar-refractivity contribution is 7.17. The van der Waals surface area contributed by atoms with Gasteiger partial charge in [-0.15, -0.1) is 11.3 Å². The number of fused-ring (bicyclic) bond motifs is 1. The van der Waals surface area contributed by atoms with E-state index in [1.807, 2.05) is 10.5 Å². The number of imidazole rings is 1. The molecule has 0 aliphatic heterocycles. The number of nitrogens with zero attached hydrogens (tertiary/aromatic N) is 2. The quantitative estimate of drug-likeness (QED) is 0.569. The number of anilines is 1. The Balaban J connectivity index is 1.78. The SMILES string of the molecule is Cc1sc2nc(-c3ccc(-c4ccccc4)cc3)c(N)n2c1C. The Morgan fingerprint density at radius 3 is 2.13 bits per heavy atom. The molecule has 4 aromatic rings. The lowest BCUT2D eigenvalue weighted by molar-refractivity contribution is 1.12. The molecule has 0 unspecified atom stereocenters. The first-order valence-electron chi connectivity index (χ1n) is 7.55. The zero-order valence-electron chi connectivity index (χ0n) is 13.1. The molecule has 0 radical (unpaired) electrons. The molecule has 114 valence electrons. The molecule has 0 aliphatic carbocycles. The summed E-state index contributed by atoms with van der Waals surface area (Å²) in [6.07, 6.45) is 0. The standard InChI is InChI=1S/C19H17N3S/c1-12-13(2)23-19-21-17(18(20)22(12)19)16-10-8-15(9-11-16)14-6-4-3-5-7-14/h3-11H,20H2,1-2H3. The Hall–Kier alpha value is -2.59. The molecule has 0 fully saturated rings. The van der Waals surface area contributed by atoms with Crippen LogP contribution in [0.1, 0.15) is 10.6 Å². The van der Waals surface area contributed by atoms with Crippen LogP contribution in [0.2, 0.25) is 0 Å². The van der Waals surface area contributed by atoms with Gasteiger partial charge in [0.2, 0.25) is 0 Å². The van der Waals surface area contributed by atoms with E-state index in [9.17, 15) is 0 Å². The summed E-state index contributed by atoms with van der Waals surface area (Å²) in [5, 5.41) is 0. The maximum atomic E-state index is 6.34. The first-order valence-corrected chi connectivity index (χ1v) is 8.36. The zero-order valence-corrected chi connectivity index (χ0v) is 13.9. The van der Waals surface area contributed by atoms with Crippen molar-refractivity contribution in [2.24, 2.45) is 0 Å². The molecule has 0 amide bonds. The van der Waals surface area contributed by atoms with Crippen LogP contribution >= 0.6 is 11.3 Å². The molecule has 0 atom stereocenters. The van der Waals surface area contributed by atoms with Crippen molar-refractivity contribution in [1.29, 1.82) is 0 Å². The zero-order chi connectivity index (χ0) is 16.0. The van der Waals surface area contributed by atoms with Gasteiger partial charge >= 0.3 is 0 Å². The van der Waals surface area contributed by atoms with E-state index < -0.39 is 0 Å². The van der Waals surface area contributed by atoms with Crippen molar-refractivity contribution in [2.45, 2.75) is 13.8 Å². The van der Waals surface area contributed by atoms with Crippen molar-refractivity contribution in [3.8, 4) is 22.4 Å². The molecule has 2 aromatic heterocycles. The lowest BCUT2D eigenvalue weighted by Crippen LogP contribution is -1.95. The average Bonchev–Trinajstić information content (AvgIpc) is 3.05. The highest BCUT2D eigenvalue weighted by atomic mass is 32.1. The molecule has 0 spiro atoms. The van der Waals surface area contributed by atoms with Crippen LogP contribution in [0, 0.1) is 13.8 Å². The normalized spacial score (nSPS) is 11.2. The molecule has 4 heteroatoms. The summed E-state index contributed by atoms with van der Waals surface area (Å²) in [6.45, 7) is 4.18. The van der Waals surface area contributed by atoms with Crippen LogP contribution in [0.5, 0.6) is 0 Å². The molecule has 0 saturated heterocycles.